The second-order valence-corrected chi connectivity index (χ2v) is 11.1. The molecule has 5 aromatic rings. The Bertz CT molecular complexity index is 1700. The minimum Gasteiger partial charge on any atom is -0.368 e. The summed E-state index contributed by atoms with van der Waals surface area (Å²) < 4.78 is 31.4. The first-order chi connectivity index (χ1) is 18.6. The summed E-state index contributed by atoms with van der Waals surface area (Å²) in [5, 5.41) is 4.98. The van der Waals surface area contributed by atoms with Gasteiger partial charge in [0.05, 0.1) is 11.4 Å². The van der Waals surface area contributed by atoms with Crippen LogP contribution >= 0.6 is 0 Å². The van der Waals surface area contributed by atoms with Crippen LogP contribution < -0.4 is 14.9 Å². The number of nitrogens with one attached hydrogen (secondary N) is 2. The van der Waals surface area contributed by atoms with E-state index in [0.717, 1.165) is 64.9 Å². The van der Waals surface area contributed by atoms with Crippen molar-refractivity contribution >= 4 is 32.2 Å². The van der Waals surface area contributed by atoms with Crippen LogP contribution in [0, 0.1) is 0 Å². The minimum absolute atomic E-state index is 0.324. The first kappa shape index (κ1) is 24.2. The third kappa shape index (κ3) is 4.76. The van der Waals surface area contributed by atoms with Crippen molar-refractivity contribution in [1.82, 2.24) is 5.32 Å². The van der Waals surface area contributed by atoms with E-state index >= 15 is 0 Å². The van der Waals surface area contributed by atoms with E-state index in [1.807, 2.05) is 91.0 Å². The highest BCUT2D eigenvalue weighted by atomic mass is 32.2. The average Bonchev–Trinajstić information content (AvgIpc) is 2.97. The van der Waals surface area contributed by atoms with Crippen molar-refractivity contribution in [3.05, 3.63) is 115 Å². The molecule has 1 saturated heterocycles. The van der Waals surface area contributed by atoms with Crippen LogP contribution in [-0.4, -0.2) is 34.6 Å². The van der Waals surface area contributed by atoms with Crippen LogP contribution in [0.3, 0.4) is 0 Å². The number of nitrogens with zero attached hydrogens (tertiary/aromatic N) is 1. The number of benzene rings is 5. The quantitative estimate of drug-likeness (QED) is 0.273. The summed E-state index contributed by atoms with van der Waals surface area (Å²) in [6.07, 6.45) is 0. The number of sulfonamides is 1. The lowest BCUT2D eigenvalue weighted by Crippen LogP contribution is -2.44. The second kappa shape index (κ2) is 10.3. The number of anilines is 2. The lowest BCUT2D eigenvalue weighted by molar-refractivity contribution is 0.582. The van der Waals surface area contributed by atoms with Crippen molar-refractivity contribution in [2.24, 2.45) is 0 Å². The van der Waals surface area contributed by atoms with Gasteiger partial charge in [0, 0.05) is 37.1 Å². The molecular weight excluding hydrogens is 490 g/mol. The zero-order valence-electron chi connectivity index (χ0n) is 21.0. The number of para-hydroxylation sites is 1. The fraction of sp³-hybridized carbons (Fsp3) is 0.125. The highest BCUT2D eigenvalue weighted by Gasteiger charge is 2.26. The third-order valence-electron chi connectivity index (χ3n) is 7.04. The summed E-state index contributed by atoms with van der Waals surface area (Å²) >= 11 is 0. The Hall–Kier alpha value is -4.13. The fourth-order valence-corrected chi connectivity index (χ4v) is 6.70. The van der Waals surface area contributed by atoms with Crippen molar-refractivity contribution in [1.29, 1.82) is 0 Å². The fourth-order valence-electron chi connectivity index (χ4n) is 5.19. The van der Waals surface area contributed by atoms with E-state index in [9.17, 15) is 8.42 Å². The van der Waals surface area contributed by atoms with Gasteiger partial charge in [0.25, 0.3) is 10.0 Å². The lowest BCUT2D eigenvalue weighted by Gasteiger charge is -2.31. The molecule has 0 saturated carbocycles. The van der Waals surface area contributed by atoms with E-state index in [2.05, 4.69) is 39.2 Å². The second-order valence-electron chi connectivity index (χ2n) is 9.47. The predicted octanol–water partition coefficient (Wildman–Crippen LogP) is 6.38. The molecule has 0 bridgehead atoms. The van der Waals surface area contributed by atoms with Crippen LogP contribution in [0.15, 0.2) is 120 Å². The molecule has 190 valence electrons. The zero-order chi connectivity index (χ0) is 26.0. The molecule has 0 aromatic heterocycles. The van der Waals surface area contributed by atoms with Crippen molar-refractivity contribution in [3.63, 3.8) is 0 Å². The molecule has 1 aliphatic heterocycles. The Labute approximate surface area is 223 Å². The van der Waals surface area contributed by atoms with Gasteiger partial charge in [0.15, 0.2) is 0 Å². The van der Waals surface area contributed by atoms with Gasteiger partial charge < -0.3 is 10.2 Å². The van der Waals surface area contributed by atoms with Crippen molar-refractivity contribution < 1.29 is 8.42 Å². The Morgan fingerprint density at radius 3 is 2.18 bits per heavy atom. The zero-order valence-corrected chi connectivity index (χ0v) is 21.8. The molecule has 2 N–H and O–H groups in total. The van der Waals surface area contributed by atoms with Crippen molar-refractivity contribution in [2.75, 3.05) is 35.8 Å². The highest BCUT2D eigenvalue weighted by molar-refractivity contribution is 7.93. The molecule has 1 heterocycles. The Morgan fingerprint density at radius 1 is 0.658 bits per heavy atom. The van der Waals surface area contributed by atoms with E-state index in [0.29, 0.717) is 10.6 Å². The van der Waals surface area contributed by atoms with Crippen LogP contribution in [-0.2, 0) is 10.0 Å². The van der Waals surface area contributed by atoms with E-state index < -0.39 is 10.0 Å². The van der Waals surface area contributed by atoms with Gasteiger partial charge in [0.1, 0.15) is 4.90 Å². The normalized spacial score (nSPS) is 13.9. The summed E-state index contributed by atoms with van der Waals surface area (Å²) in [7, 11) is -3.92. The number of hydrogen-bond donors (Lipinski definition) is 2. The number of hydrogen-bond acceptors (Lipinski definition) is 4. The van der Waals surface area contributed by atoms with Crippen LogP contribution in [0.2, 0.25) is 0 Å². The molecule has 1 aliphatic rings. The SMILES string of the molecule is O=S(=O)(Nc1ccccc1-c1cccc(-c2ccccc2)c1)c1c(N2CCNCC2)ccc2ccccc12. The highest BCUT2D eigenvalue weighted by Crippen LogP contribution is 2.37. The standard InChI is InChI=1S/C32H29N3O2S/c36-38(37,32-29-15-5-4-11-25(29)17-18-31(32)35-21-19-33-20-22-35)34-30-16-7-6-14-28(30)27-13-8-12-26(23-27)24-9-2-1-3-10-24/h1-18,23,33-34H,19-22H2. The molecule has 0 amide bonds. The van der Waals surface area contributed by atoms with Crippen molar-refractivity contribution in [3.8, 4) is 22.3 Å². The van der Waals surface area contributed by atoms with Crippen LogP contribution in [0.25, 0.3) is 33.0 Å². The summed E-state index contributed by atoms with van der Waals surface area (Å²) in [4.78, 5) is 2.48. The summed E-state index contributed by atoms with van der Waals surface area (Å²) in [6, 6.07) is 37.6. The smallest absolute Gasteiger partial charge is 0.264 e. The summed E-state index contributed by atoms with van der Waals surface area (Å²) in [5.41, 5.74) is 5.26. The molecule has 1 fully saturated rings. The molecular formula is C32H29N3O2S. The Balaban J connectivity index is 1.44. The number of rotatable bonds is 6. The summed E-state index contributed by atoms with van der Waals surface area (Å²) in [5.74, 6) is 0. The maximum absolute atomic E-state index is 14.2. The molecule has 0 spiro atoms. The van der Waals surface area contributed by atoms with Crippen molar-refractivity contribution in [2.45, 2.75) is 4.90 Å². The molecule has 6 heteroatoms. The number of fused-ring (bicyclic) bond motifs is 1. The average molecular weight is 520 g/mol. The molecule has 0 unspecified atom stereocenters. The molecule has 5 nitrogen and oxygen atoms in total. The molecule has 0 atom stereocenters. The first-order valence-electron chi connectivity index (χ1n) is 12.9. The van der Waals surface area contributed by atoms with E-state index in [1.54, 1.807) is 0 Å². The van der Waals surface area contributed by atoms with Crippen LogP contribution in [0.5, 0.6) is 0 Å². The maximum atomic E-state index is 14.2. The van der Waals surface area contributed by atoms with Gasteiger partial charge in [-0.25, -0.2) is 8.42 Å². The first-order valence-corrected chi connectivity index (χ1v) is 14.3. The largest absolute Gasteiger partial charge is 0.368 e. The van der Waals surface area contributed by atoms with E-state index in [-0.39, 0.29) is 0 Å². The van der Waals surface area contributed by atoms with Gasteiger partial charge in [-0.3, -0.25) is 4.72 Å². The van der Waals surface area contributed by atoms with Gasteiger partial charge >= 0.3 is 0 Å². The van der Waals surface area contributed by atoms with Crippen LogP contribution in [0.1, 0.15) is 0 Å². The molecule has 5 aromatic carbocycles. The van der Waals surface area contributed by atoms with Crippen LogP contribution in [0.4, 0.5) is 11.4 Å². The maximum Gasteiger partial charge on any atom is 0.264 e. The topological polar surface area (TPSA) is 61.4 Å². The van der Waals surface area contributed by atoms with Gasteiger partial charge in [-0.2, -0.15) is 0 Å². The third-order valence-corrected chi connectivity index (χ3v) is 8.49. The summed E-state index contributed by atoms with van der Waals surface area (Å²) in [6.45, 7) is 3.15. The van der Waals surface area contributed by atoms with Gasteiger partial charge in [0.2, 0.25) is 0 Å². The number of piperazine rings is 1. The van der Waals surface area contributed by atoms with E-state index in [1.165, 1.54) is 0 Å². The molecule has 6 rings (SSSR count). The molecule has 0 radical (unpaired) electrons. The minimum atomic E-state index is -3.92. The van der Waals surface area contributed by atoms with E-state index in [4.69, 9.17) is 0 Å². The molecule has 0 aliphatic carbocycles. The Morgan fingerprint density at radius 2 is 1.34 bits per heavy atom. The predicted molar refractivity (Wildman–Crippen MR) is 157 cm³/mol. The lowest BCUT2D eigenvalue weighted by atomic mass is 9.98. The molecule has 38 heavy (non-hydrogen) atoms. The van der Waals surface area contributed by atoms with Gasteiger partial charge in [-0.15, -0.1) is 0 Å². The van der Waals surface area contributed by atoms with Gasteiger partial charge in [-0.05, 0) is 40.3 Å². The van der Waals surface area contributed by atoms with Gasteiger partial charge in [-0.1, -0.05) is 97.1 Å². The monoisotopic (exact) mass is 519 g/mol. The Kier molecular flexibility index (Phi) is 6.58.